The van der Waals surface area contributed by atoms with E-state index in [1.807, 2.05) is 0 Å². The monoisotopic (exact) mass is 228 g/mol. The molecule has 0 aliphatic carbocycles. The minimum atomic E-state index is -3.98. The zero-order valence-corrected chi connectivity index (χ0v) is 8.64. The molecule has 1 rings (SSSR count). The minimum Gasteiger partial charge on any atom is -0.872 e. The van der Waals surface area contributed by atoms with Crippen molar-refractivity contribution in [2.24, 2.45) is 4.99 Å². The quantitative estimate of drug-likeness (QED) is 0.583. The SMILES string of the molecule is O=S(=O)(O)CCN=Cc1ccccc1[O-]. The largest absolute Gasteiger partial charge is 0.872 e. The van der Waals surface area contributed by atoms with E-state index >= 15 is 0 Å². The Kier molecular flexibility index (Phi) is 3.81. The molecule has 82 valence electrons. The van der Waals surface area contributed by atoms with Crippen molar-refractivity contribution >= 4 is 16.3 Å². The summed E-state index contributed by atoms with van der Waals surface area (Å²) in [6.45, 7) is -0.0623. The summed E-state index contributed by atoms with van der Waals surface area (Å²) in [6, 6.07) is 6.27. The van der Waals surface area contributed by atoms with Crippen LogP contribution in [-0.2, 0) is 10.1 Å². The van der Waals surface area contributed by atoms with Gasteiger partial charge in [0.25, 0.3) is 10.1 Å². The van der Waals surface area contributed by atoms with E-state index in [9.17, 15) is 13.5 Å². The molecule has 1 aromatic carbocycles. The second kappa shape index (κ2) is 4.90. The van der Waals surface area contributed by atoms with Gasteiger partial charge in [-0.05, 0) is 5.56 Å². The molecule has 6 heteroatoms. The Morgan fingerprint density at radius 1 is 1.40 bits per heavy atom. The van der Waals surface area contributed by atoms with Gasteiger partial charge >= 0.3 is 0 Å². The summed E-state index contributed by atoms with van der Waals surface area (Å²) in [4.78, 5) is 3.72. The van der Waals surface area contributed by atoms with Gasteiger partial charge in [-0.3, -0.25) is 9.55 Å². The zero-order valence-electron chi connectivity index (χ0n) is 7.83. The lowest BCUT2D eigenvalue weighted by atomic mass is 10.2. The molecule has 0 bridgehead atoms. The van der Waals surface area contributed by atoms with Gasteiger partial charge in [0.05, 0.1) is 12.3 Å². The summed E-state index contributed by atoms with van der Waals surface area (Å²) in [5.74, 6) is -0.613. The van der Waals surface area contributed by atoms with Gasteiger partial charge in [0.2, 0.25) is 0 Å². The molecule has 0 aromatic heterocycles. The lowest BCUT2D eigenvalue weighted by Crippen LogP contribution is -2.06. The Bertz CT molecular complexity index is 453. The Hall–Kier alpha value is -1.40. The van der Waals surface area contributed by atoms with Crippen LogP contribution in [0.2, 0.25) is 0 Å². The third kappa shape index (κ3) is 4.57. The van der Waals surface area contributed by atoms with Crippen LogP contribution in [0.15, 0.2) is 29.3 Å². The van der Waals surface area contributed by atoms with Gasteiger partial charge in [-0.25, -0.2) is 0 Å². The minimum absolute atomic E-state index is 0.0623. The fraction of sp³-hybridized carbons (Fsp3) is 0.222. The first-order valence-corrected chi connectivity index (χ1v) is 5.81. The Morgan fingerprint density at radius 2 is 2.07 bits per heavy atom. The van der Waals surface area contributed by atoms with E-state index in [-0.39, 0.29) is 12.3 Å². The summed E-state index contributed by atoms with van der Waals surface area (Å²) in [6.07, 6.45) is 1.30. The van der Waals surface area contributed by atoms with E-state index < -0.39 is 15.9 Å². The molecule has 5 nitrogen and oxygen atoms in total. The molecule has 0 saturated carbocycles. The molecular formula is C9H10NO4S-. The van der Waals surface area contributed by atoms with Crippen molar-refractivity contribution in [3.63, 3.8) is 0 Å². The molecule has 15 heavy (non-hydrogen) atoms. The fourth-order valence-corrected chi connectivity index (χ4v) is 1.25. The topological polar surface area (TPSA) is 89.8 Å². The first-order valence-electron chi connectivity index (χ1n) is 4.20. The van der Waals surface area contributed by atoms with Crippen LogP contribution in [-0.4, -0.2) is 31.5 Å². The fourth-order valence-electron chi connectivity index (χ4n) is 0.918. The number of hydrogen-bond donors (Lipinski definition) is 1. The number of aliphatic imine (C=N–C) groups is 1. The smallest absolute Gasteiger partial charge is 0.266 e. The number of rotatable bonds is 4. The zero-order chi connectivity index (χ0) is 11.3. The lowest BCUT2D eigenvalue weighted by molar-refractivity contribution is -0.268. The molecule has 0 amide bonds. The predicted octanol–water partition coefficient (Wildman–Crippen LogP) is 0.0669. The summed E-state index contributed by atoms with van der Waals surface area (Å²) in [5, 5.41) is 11.2. The van der Waals surface area contributed by atoms with E-state index in [1.54, 1.807) is 18.2 Å². The van der Waals surface area contributed by atoms with Crippen molar-refractivity contribution in [1.82, 2.24) is 0 Å². The molecule has 0 fully saturated rings. The van der Waals surface area contributed by atoms with Crippen molar-refractivity contribution in [1.29, 1.82) is 0 Å². The highest BCUT2D eigenvalue weighted by molar-refractivity contribution is 7.85. The molecule has 0 aliphatic rings. The molecule has 0 heterocycles. The summed E-state index contributed by atoms with van der Waals surface area (Å²) in [5.41, 5.74) is 0.396. The van der Waals surface area contributed by atoms with Crippen molar-refractivity contribution in [2.75, 3.05) is 12.3 Å². The van der Waals surface area contributed by atoms with Crippen molar-refractivity contribution < 1.29 is 18.1 Å². The average Bonchev–Trinajstić information content (AvgIpc) is 2.13. The third-order valence-corrected chi connectivity index (χ3v) is 2.33. The summed E-state index contributed by atoms with van der Waals surface area (Å²) >= 11 is 0. The van der Waals surface area contributed by atoms with Crippen LogP contribution in [0.1, 0.15) is 5.56 Å². The maximum absolute atomic E-state index is 11.2. The van der Waals surface area contributed by atoms with Crippen LogP contribution < -0.4 is 5.11 Å². The standard InChI is InChI=1S/C9H11NO4S/c11-9-4-2-1-3-8(9)7-10-5-6-15(12,13)14/h1-4,7,11H,5-6H2,(H,12,13,14)/p-1. The molecule has 0 aliphatic heterocycles. The lowest BCUT2D eigenvalue weighted by Gasteiger charge is -2.07. The van der Waals surface area contributed by atoms with Gasteiger partial charge in [0.15, 0.2) is 0 Å². The van der Waals surface area contributed by atoms with Gasteiger partial charge in [-0.15, -0.1) is 5.75 Å². The second-order valence-electron chi connectivity index (χ2n) is 2.86. The molecule has 0 radical (unpaired) electrons. The van der Waals surface area contributed by atoms with Gasteiger partial charge in [-0.2, -0.15) is 8.42 Å². The van der Waals surface area contributed by atoms with Crippen molar-refractivity contribution in [3.05, 3.63) is 29.8 Å². The molecule has 0 unspecified atom stereocenters. The highest BCUT2D eigenvalue weighted by Gasteiger charge is 2.01. The Labute approximate surface area is 87.8 Å². The van der Waals surface area contributed by atoms with E-state index in [4.69, 9.17) is 4.55 Å². The Balaban J connectivity index is 2.56. The molecule has 0 atom stereocenters. The van der Waals surface area contributed by atoms with Crippen LogP contribution in [0.25, 0.3) is 0 Å². The van der Waals surface area contributed by atoms with Gasteiger partial charge in [0, 0.05) is 6.21 Å². The second-order valence-corrected chi connectivity index (χ2v) is 4.43. The van der Waals surface area contributed by atoms with E-state index in [2.05, 4.69) is 4.99 Å². The maximum atomic E-state index is 11.2. The number of benzene rings is 1. The Morgan fingerprint density at radius 3 is 2.67 bits per heavy atom. The third-order valence-electron chi connectivity index (χ3n) is 1.63. The maximum Gasteiger partial charge on any atom is 0.266 e. The molecule has 1 N–H and O–H groups in total. The number of hydrogen-bond acceptors (Lipinski definition) is 4. The van der Waals surface area contributed by atoms with Gasteiger partial charge < -0.3 is 5.11 Å². The predicted molar refractivity (Wildman–Crippen MR) is 54.8 cm³/mol. The van der Waals surface area contributed by atoms with Crippen LogP contribution in [0.3, 0.4) is 0 Å². The van der Waals surface area contributed by atoms with Crippen LogP contribution in [0, 0.1) is 0 Å². The highest BCUT2D eigenvalue weighted by Crippen LogP contribution is 2.08. The molecule has 0 saturated heterocycles. The first-order chi connectivity index (χ1) is 6.99. The molecule has 1 aromatic rings. The highest BCUT2D eigenvalue weighted by atomic mass is 32.2. The summed E-state index contributed by atoms with van der Waals surface area (Å²) in [7, 11) is -3.98. The van der Waals surface area contributed by atoms with E-state index in [0.29, 0.717) is 5.56 Å². The number of para-hydroxylation sites is 1. The van der Waals surface area contributed by atoms with E-state index in [1.165, 1.54) is 12.3 Å². The molecular weight excluding hydrogens is 218 g/mol. The average molecular weight is 228 g/mol. The van der Waals surface area contributed by atoms with Crippen LogP contribution in [0.4, 0.5) is 0 Å². The van der Waals surface area contributed by atoms with Gasteiger partial charge in [-0.1, -0.05) is 24.3 Å². The normalized spacial score (nSPS) is 12.1. The number of nitrogens with zero attached hydrogens (tertiary/aromatic N) is 1. The van der Waals surface area contributed by atoms with E-state index in [0.717, 1.165) is 0 Å². The summed E-state index contributed by atoms with van der Waals surface area (Å²) < 4.78 is 29.1. The van der Waals surface area contributed by atoms with Crippen LogP contribution >= 0.6 is 0 Å². The van der Waals surface area contributed by atoms with Crippen molar-refractivity contribution in [3.8, 4) is 5.75 Å². The van der Waals surface area contributed by atoms with Crippen LogP contribution in [0.5, 0.6) is 5.75 Å². The first kappa shape index (κ1) is 11.7. The van der Waals surface area contributed by atoms with Crippen molar-refractivity contribution in [2.45, 2.75) is 0 Å². The molecule has 0 spiro atoms. The van der Waals surface area contributed by atoms with Gasteiger partial charge in [0.1, 0.15) is 0 Å².